The minimum atomic E-state index is -0.328. The summed E-state index contributed by atoms with van der Waals surface area (Å²) in [5, 5.41) is 6.40. The Morgan fingerprint density at radius 2 is 2.38 bits per heavy atom. The van der Waals surface area contributed by atoms with Crippen LogP contribution in [-0.4, -0.2) is 16.7 Å². The average Bonchev–Trinajstić information content (AvgIpc) is 2.61. The van der Waals surface area contributed by atoms with E-state index >= 15 is 0 Å². The molecule has 1 aromatic rings. The zero-order chi connectivity index (χ0) is 11.6. The quantitative estimate of drug-likeness (QED) is 0.846. The second-order valence-electron chi connectivity index (χ2n) is 4.01. The summed E-state index contributed by atoms with van der Waals surface area (Å²) in [5.74, 6) is 0.638. The normalized spacial score (nSPS) is 24.2. The molecule has 0 spiro atoms. The summed E-state index contributed by atoms with van der Waals surface area (Å²) in [4.78, 5) is 11.0. The molecule has 0 aromatic heterocycles. The molecule has 86 valence electrons. The van der Waals surface area contributed by atoms with Gasteiger partial charge in [-0.05, 0) is 31.0 Å². The molecule has 1 unspecified atom stereocenters. The Hall–Kier alpha value is -1.16. The molecule has 0 radical (unpaired) electrons. The Morgan fingerprint density at radius 1 is 1.56 bits per heavy atom. The van der Waals surface area contributed by atoms with Crippen LogP contribution in [0.3, 0.4) is 0 Å². The first-order valence-electron chi connectivity index (χ1n) is 5.43. The predicted octanol–water partition coefficient (Wildman–Crippen LogP) is 2.33. The number of aryl methyl sites for hydroxylation is 1. The van der Waals surface area contributed by atoms with Gasteiger partial charge in [-0.25, -0.2) is 0 Å². The van der Waals surface area contributed by atoms with Gasteiger partial charge in [0.15, 0.2) is 4.99 Å². The Balaban J connectivity index is 2.16. The van der Waals surface area contributed by atoms with Crippen LogP contribution in [0.1, 0.15) is 18.9 Å². The maximum atomic E-state index is 11.3. The van der Waals surface area contributed by atoms with Crippen molar-refractivity contribution in [1.29, 1.82) is 0 Å². The van der Waals surface area contributed by atoms with Crippen molar-refractivity contribution in [2.45, 2.75) is 25.3 Å². The third kappa shape index (κ3) is 2.32. The highest BCUT2D eigenvalue weighted by molar-refractivity contribution is 8.01. The smallest absolute Gasteiger partial charge is 0.232 e. The van der Waals surface area contributed by atoms with Crippen LogP contribution in [0.25, 0.3) is 0 Å². The van der Waals surface area contributed by atoms with Gasteiger partial charge in [-0.3, -0.25) is 4.79 Å². The van der Waals surface area contributed by atoms with Gasteiger partial charge in [0.05, 0.1) is 5.75 Å². The van der Waals surface area contributed by atoms with Gasteiger partial charge in [0.25, 0.3) is 0 Å². The fourth-order valence-corrected chi connectivity index (χ4v) is 2.82. The number of hydrogen-bond donors (Lipinski definition) is 2. The highest BCUT2D eigenvalue weighted by Gasteiger charge is 2.36. The lowest BCUT2D eigenvalue weighted by atomic mass is 10.2. The third-order valence-electron chi connectivity index (χ3n) is 2.65. The van der Waals surface area contributed by atoms with Crippen LogP contribution in [0.5, 0.6) is 0 Å². The van der Waals surface area contributed by atoms with Crippen LogP contribution >= 0.6 is 11.8 Å². The number of thioether (sulfide) groups is 1. The minimum absolute atomic E-state index is 0.104. The Labute approximate surface area is 100.0 Å². The number of rotatable bonds is 3. The number of hydrogen-bond acceptors (Lipinski definition) is 3. The minimum Gasteiger partial charge on any atom is -0.354 e. The van der Waals surface area contributed by atoms with Gasteiger partial charge in [0.2, 0.25) is 5.91 Å². The Bertz CT molecular complexity index is 408. The highest BCUT2D eigenvalue weighted by Crippen LogP contribution is 2.32. The van der Waals surface area contributed by atoms with Crippen molar-refractivity contribution in [3.8, 4) is 0 Å². The first-order valence-corrected chi connectivity index (χ1v) is 6.42. The standard InChI is InChI=1S/C12H16N2OS/c1-3-12(14-11(15)8-16-12)13-10-6-4-5-9(2)7-10/h4-7,13H,3,8H2,1-2H3,(H,14,15). The Morgan fingerprint density at radius 3 is 2.94 bits per heavy atom. The molecule has 1 aliphatic heterocycles. The van der Waals surface area contributed by atoms with Crippen molar-refractivity contribution in [3.63, 3.8) is 0 Å². The lowest BCUT2D eigenvalue weighted by Crippen LogP contribution is -2.46. The van der Waals surface area contributed by atoms with E-state index in [-0.39, 0.29) is 10.9 Å². The second-order valence-corrected chi connectivity index (χ2v) is 5.29. The summed E-state index contributed by atoms with van der Waals surface area (Å²) in [6, 6.07) is 8.19. The van der Waals surface area contributed by atoms with Crippen LogP contribution in [0.15, 0.2) is 24.3 Å². The molecular formula is C12H16N2OS. The highest BCUT2D eigenvalue weighted by atomic mass is 32.2. The largest absolute Gasteiger partial charge is 0.354 e. The molecule has 1 amide bonds. The molecule has 0 aliphatic carbocycles. The number of nitrogens with one attached hydrogen (secondary N) is 2. The number of anilines is 1. The molecule has 1 atom stereocenters. The molecule has 1 fully saturated rings. The number of benzene rings is 1. The molecule has 1 heterocycles. The van der Waals surface area contributed by atoms with Crippen LogP contribution in [0.2, 0.25) is 0 Å². The van der Waals surface area contributed by atoms with Crippen molar-refractivity contribution < 1.29 is 4.79 Å². The summed E-state index contributed by atoms with van der Waals surface area (Å²) < 4.78 is 0. The zero-order valence-corrected chi connectivity index (χ0v) is 10.4. The van der Waals surface area contributed by atoms with Gasteiger partial charge < -0.3 is 10.6 Å². The summed E-state index contributed by atoms with van der Waals surface area (Å²) >= 11 is 1.63. The number of amides is 1. The van der Waals surface area contributed by atoms with E-state index < -0.39 is 0 Å². The summed E-state index contributed by atoms with van der Waals surface area (Å²) in [5.41, 5.74) is 2.27. The van der Waals surface area contributed by atoms with Crippen LogP contribution in [0.4, 0.5) is 5.69 Å². The van der Waals surface area contributed by atoms with Crippen molar-refractivity contribution >= 4 is 23.4 Å². The summed E-state index contributed by atoms with van der Waals surface area (Å²) in [7, 11) is 0. The summed E-state index contributed by atoms with van der Waals surface area (Å²) in [6.07, 6.45) is 0.858. The van der Waals surface area contributed by atoms with Crippen molar-refractivity contribution in [3.05, 3.63) is 29.8 Å². The van der Waals surface area contributed by atoms with Crippen molar-refractivity contribution in [2.24, 2.45) is 0 Å². The fourth-order valence-electron chi connectivity index (χ4n) is 1.79. The van der Waals surface area contributed by atoms with E-state index in [4.69, 9.17) is 0 Å². The predicted molar refractivity (Wildman–Crippen MR) is 68.4 cm³/mol. The topological polar surface area (TPSA) is 41.1 Å². The first-order chi connectivity index (χ1) is 7.63. The van der Waals surface area contributed by atoms with Gasteiger partial charge in [-0.2, -0.15) is 0 Å². The number of carbonyl (C=O) groups is 1. The molecule has 2 rings (SSSR count). The van der Waals surface area contributed by atoms with Crippen LogP contribution in [-0.2, 0) is 4.79 Å². The molecule has 2 N–H and O–H groups in total. The molecule has 1 aliphatic rings. The van der Waals surface area contributed by atoms with Gasteiger partial charge in [-0.1, -0.05) is 19.1 Å². The van der Waals surface area contributed by atoms with Gasteiger partial charge >= 0.3 is 0 Å². The van der Waals surface area contributed by atoms with Gasteiger partial charge in [0.1, 0.15) is 0 Å². The molecule has 3 nitrogen and oxygen atoms in total. The van der Waals surface area contributed by atoms with Gasteiger partial charge in [0, 0.05) is 5.69 Å². The van der Waals surface area contributed by atoms with E-state index in [2.05, 4.69) is 36.6 Å². The lowest BCUT2D eigenvalue weighted by Gasteiger charge is -2.29. The van der Waals surface area contributed by atoms with E-state index in [9.17, 15) is 4.79 Å². The van der Waals surface area contributed by atoms with E-state index in [1.807, 2.05) is 12.1 Å². The fraction of sp³-hybridized carbons (Fsp3) is 0.417. The van der Waals surface area contributed by atoms with E-state index in [1.54, 1.807) is 11.8 Å². The lowest BCUT2D eigenvalue weighted by molar-refractivity contribution is -0.118. The summed E-state index contributed by atoms with van der Waals surface area (Å²) in [6.45, 7) is 4.13. The SMILES string of the molecule is CCC1(Nc2cccc(C)c2)NC(=O)CS1. The molecule has 1 saturated heterocycles. The van der Waals surface area contributed by atoms with Crippen LogP contribution in [0, 0.1) is 6.92 Å². The molecule has 1 aromatic carbocycles. The average molecular weight is 236 g/mol. The van der Waals surface area contributed by atoms with Crippen LogP contribution < -0.4 is 10.6 Å². The Kier molecular flexibility index (Phi) is 3.10. The molecule has 0 bridgehead atoms. The second kappa shape index (κ2) is 4.37. The van der Waals surface area contributed by atoms with E-state index in [0.29, 0.717) is 5.75 Å². The maximum Gasteiger partial charge on any atom is 0.232 e. The maximum absolute atomic E-state index is 11.3. The number of carbonyl (C=O) groups excluding carboxylic acids is 1. The molecular weight excluding hydrogens is 220 g/mol. The molecule has 0 saturated carbocycles. The van der Waals surface area contributed by atoms with E-state index in [1.165, 1.54) is 5.56 Å². The van der Waals surface area contributed by atoms with E-state index in [0.717, 1.165) is 12.1 Å². The third-order valence-corrected chi connectivity index (χ3v) is 4.05. The van der Waals surface area contributed by atoms with Crippen molar-refractivity contribution in [2.75, 3.05) is 11.1 Å². The van der Waals surface area contributed by atoms with Gasteiger partial charge in [-0.15, -0.1) is 11.8 Å². The van der Waals surface area contributed by atoms with Crippen molar-refractivity contribution in [1.82, 2.24) is 5.32 Å². The zero-order valence-electron chi connectivity index (χ0n) is 9.54. The first kappa shape index (κ1) is 11.3. The molecule has 16 heavy (non-hydrogen) atoms. The monoisotopic (exact) mass is 236 g/mol. The molecule has 4 heteroatoms.